The van der Waals surface area contributed by atoms with Gasteiger partial charge in [-0.3, -0.25) is 9.40 Å². The van der Waals surface area contributed by atoms with Crippen molar-refractivity contribution in [3.05, 3.63) is 52.3 Å². The molecule has 9 heteroatoms. The molecule has 3 rings (SSSR count). The van der Waals surface area contributed by atoms with E-state index in [1.807, 2.05) is 32.0 Å². The average molecular weight is 390 g/mol. The van der Waals surface area contributed by atoms with Crippen LogP contribution in [-0.2, 0) is 7.05 Å². The van der Waals surface area contributed by atoms with Crippen LogP contribution in [0.15, 0.2) is 35.4 Å². The predicted octanol–water partition coefficient (Wildman–Crippen LogP) is 3.96. The van der Waals surface area contributed by atoms with Crippen LogP contribution >= 0.6 is 23.5 Å². The van der Waals surface area contributed by atoms with Crippen LogP contribution in [0.4, 0.5) is 5.95 Å². The summed E-state index contributed by atoms with van der Waals surface area (Å²) < 4.78 is 4.47. The molecule has 0 radical (unpaired) electrons. The van der Waals surface area contributed by atoms with Crippen molar-refractivity contribution in [1.82, 2.24) is 19.7 Å². The Hall–Kier alpha value is -2.58. The molecule has 2 N–H and O–H groups in total. The quantitative estimate of drug-likeness (QED) is 0.503. The van der Waals surface area contributed by atoms with E-state index in [0.717, 1.165) is 34.3 Å². The minimum absolute atomic E-state index is 0.0277. The Morgan fingerprint density at radius 2 is 1.92 bits per heavy atom. The molecule has 0 amide bonds. The van der Waals surface area contributed by atoms with E-state index in [1.54, 1.807) is 13.1 Å². The van der Waals surface area contributed by atoms with Crippen molar-refractivity contribution in [2.75, 3.05) is 4.72 Å². The summed E-state index contributed by atoms with van der Waals surface area (Å²) in [6.07, 6.45) is 0. The van der Waals surface area contributed by atoms with Gasteiger partial charge in [-0.1, -0.05) is 29.8 Å². The van der Waals surface area contributed by atoms with Crippen molar-refractivity contribution in [1.29, 1.82) is 0 Å². The van der Waals surface area contributed by atoms with E-state index in [9.17, 15) is 4.79 Å². The molecule has 2 aromatic heterocycles. The Morgan fingerprint density at radius 3 is 2.54 bits per heavy atom. The topological polar surface area (TPSA) is 92.9 Å². The molecule has 0 aliphatic heterocycles. The van der Waals surface area contributed by atoms with Gasteiger partial charge in [0, 0.05) is 36.7 Å². The molecule has 7 nitrogen and oxygen atoms in total. The first kappa shape index (κ1) is 18.2. The summed E-state index contributed by atoms with van der Waals surface area (Å²) in [7, 11) is 1.66. The molecule has 0 saturated carbocycles. The molecule has 1 aromatic carbocycles. The van der Waals surface area contributed by atoms with Gasteiger partial charge in [0.25, 0.3) is 0 Å². The van der Waals surface area contributed by atoms with Crippen molar-refractivity contribution in [2.24, 2.45) is 7.05 Å². The fourth-order valence-electron chi connectivity index (χ4n) is 2.56. The van der Waals surface area contributed by atoms with Crippen LogP contribution in [0.5, 0.6) is 0 Å². The standard InChI is InChI=1S/C17H16ClN5O2S/c1-9-5-4-6-10(2)15(9)11-7-13(18)20-17(19-11)22-26-14-8-12(16(24)25)21-23(14)3/h4-8H,1-3H3,(H,24,25)(H,19,20,22). The van der Waals surface area contributed by atoms with Crippen LogP contribution in [-0.4, -0.2) is 30.8 Å². The third kappa shape index (κ3) is 3.81. The first-order valence-corrected chi connectivity index (χ1v) is 8.86. The second-order valence-electron chi connectivity index (χ2n) is 5.67. The highest BCUT2D eigenvalue weighted by Crippen LogP contribution is 2.29. The number of benzene rings is 1. The largest absolute Gasteiger partial charge is 0.476 e. The summed E-state index contributed by atoms with van der Waals surface area (Å²) >= 11 is 7.33. The van der Waals surface area contributed by atoms with Gasteiger partial charge >= 0.3 is 5.97 Å². The number of aryl methyl sites for hydroxylation is 3. The number of aromatic nitrogens is 4. The fourth-order valence-corrected chi connectivity index (χ4v) is 3.37. The number of carbonyl (C=O) groups is 1. The van der Waals surface area contributed by atoms with Crippen molar-refractivity contribution in [3.8, 4) is 11.3 Å². The third-order valence-corrected chi connectivity index (χ3v) is 4.80. The second kappa shape index (κ2) is 7.35. The molecule has 0 unspecified atom stereocenters. The lowest BCUT2D eigenvalue weighted by Gasteiger charge is -2.11. The van der Waals surface area contributed by atoms with E-state index in [4.69, 9.17) is 16.7 Å². The van der Waals surface area contributed by atoms with Gasteiger partial charge in [0.1, 0.15) is 10.2 Å². The molecule has 0 aliphatic rings. The number of carboxylic acid groups (broad SMARTS) is 1. The van der Waals surface area contributed by atoms with E-state index in [-0.39, 0.29) is 5.69 Å². The number of aromatic carboxylic acids is 1. The zero-order valence-corrected chi connectivity index (χ0v) is 15.9. The number of rotatable bonds is 5. The molecule has 134 valence electrons. The Balaban J connectivity index is 1.88. The molecule has 0 atom stereocenters. The number of nitrogens with zero attached hydrogens (tertiary/aromatic N) is 4. The summed E-state index contributed by atoms with van der Waals surface area (Å²) in [4.78, 5) is 19.7. The van der Waals surface area contributed by atoms with Crippen molar-refractivity contribution < 1.29 is 9.90 Å². The van der Waals surface area contributed by atoms with Crippen LogP contribution in [0.1, 0.15) is 21.6 Å². The van der Waals surface area contributed by atoms with E-state index >= 15 is 0 Å². The minimum atomic E-state index is -1.08. The molecule has 3 aromatic rings. The first-order chi connectivity index (χ1) is 12.3. The Bertz CT molecular complexity index is 969. The number of anilines is 1. The number of hydrogen-bond donors (Lipinski definition) is 2. The number of carboxylic acids is 1. The van der Waals surface area contributed by atoms with Gasteiger partial charge in [-0.2, -0.15) is 5.10 Å². The molecule has 0 saturated heterocycles. The average Bonchev–Trinajstić information content (AvgIpc) is 2.94. The minimum Gasteiger partial charge on any atom is -0.476 e. The fraction of sp³-hybridized carbons (Fsp3) is 0.176. The zero-order valence-electron chi connectivity index (χ0n) is 14.3. The molecule has 0 spiro atoms. The van der Waals surface area contributed by atoms with Crippen molar-refractivity contribution in [2.45, 2.75) is 18.9 Å². The highest BCUT2D eigenvalue weighted by Gasteiger charge is 2.14. The highest BCUT2D eigenvalue weighted by molar-refractivity contribution is 8.00. The van der Waals surface area contributed by atoms with Crippen molar-refractivity contribution in [3.63, 3.8) is 0 Å². The number of halogens is 1. The second-order valence-corrected chi connectivity index (χ2v) is 6.88. The SMILES string of the molecule is Cc1cccc(C)c1-c1cc(Cl)nc(NSc2cc(C(=O)O)nn2C)n1. The van der Waals surface area contributed by atoms with E-state index in [0.29, 0.717) is 16.1 Å². The zero-order chi connectivity index (χ0) is 18.8. The number of hydrogen-bond acceptors (Lipinski definition) is 6. The third-order valence-electron chi connectivity index (χ3n) is 3.74. The molecule has 26 heavy (non-hydrogen) atoms. The van der Waals surface area contributed by atoms with Crippen LogP contribution < -0.4 is 4.72 Å². The van der Waals surface area contributed by atoms with Gasteiger partial charge in [-0.25, -0.2) is 14.8 Å². The van der Waals surface area contributed by atoms with Gasteiger partial charge in [0.05, 0.1) is 5.69 Å². The van der Waals surface area contributed by atoms with Crippen molar-refractivity contribution >= 4 is 35.5 Å². The summed E-state index contributed by atoms with van der Waals surface area (Å²) in [5.74, 6) is -0.748. The maximum absolute atomic E-state index is 11.0. The lowest BCUT2D eigenvalue weighted by Crippen LogP contribution is -2.01. The highest BCUT2D eigenvalue weighted by atomic mass is 35.5. The van der Waals surface area contributed by atoms with E-state index in [2.05, 4.69) is 19.8 Å². The van der Waals surface area contributed by atoms with Gasteiger partial charge in [0.2, 0.25) is 5.95 Å². The Morgan fingerprint density at radius 1 is 1.23 bits per heavy atom. The summed E-state index contributed by atoms with van der Waals surface area (Å²) in [6, 6.07) is 9.22. The Labute approximate surface area is 159 Å². The molecule has 2 heterocycles. The molecular formula is C17H16ClN5O2S. The monoisotopic (exact) mass is 389 g/mol. The molecular weight excluding hydrogens is 374 g/mol. The van der Waals surface area contributed by atoms with Gasteiger partial charge < -0.3 is 5.11 Å². The van der Waals surface area contributed by atoms with E-state index < -0.39 is 5.97 Å². The Kier molecular flexibility index (Phi) is 5.15. The maximum Gasteiger partial charge on any atom is 0.356 e. The lowest BCUT2D eigenvalue weighted by atomic mass is 10.00. The summed E-state index contributed by atoms with van der Waals surface area (Å²) in [5.41, 5.74) is 3.89. The van der Waals surface area contributed by atoms with Gasteiger partial charge in [-0.15, -0.1) is 0 Å². The van der Waals surface area contributed by atoms with Crippen LogP contribution in [0.2, 0.25) is 5.15 Å². The van der Waals surface area contributed by atoms with Crippen LogP contribution in [0.3, 0.4) is 0 Å². The molecule has 0 bridgehead atoms. The summed E-state index contributed by atoms with van der Waals surface area (Å²) in [6.45, 7) is 4.03. The summed E-state index contributed by atoms with van der Waals surface area (Å²) in [5, 5.41) is 13.9. The molecule has 0 aliphatic carbocycles. The maximum atomic E-state index is 11.0. The van der Waals surface area contributed by atoms with Crippen LogP contribution in [0, 0.1) is 13.8 Å². The predicted molar refractivity (Wildman–Crippen MR) is 102 cm³/mol. The number of nitrogens with one attached hydrogen (secondary N) is 1. The smallest absolute Gasteiger partial charge is 0.356 e. The van der Waals surface area contributed by atoms with E-state index in [1.165, 1.54) is 10.7 Å². The normalized spacial score (nSPS) is 10.8. The first-order valence-electron chi connectivity index (χ1n) is 7.66. The lowest BCUT2D eigenvalue weighted by molar-refractivity contribution is 0.0689. The van der Waals surface area contributed by atoms with Crippen LogP contribution in [0.25, 0.3) is 11.3 Å². The van der Waals surface area contributed by atoms with Gasteiger partial charge in [-0.05, 0) is 25.0 Å². The molecule has 0 fully saturated rings. The van der Waals surface area contributed by atoms with Gasteiger partial charge in [0.15, 0.2) is 5.69 Å².